The first kappa shape index (κ1) is 13.3. The van der Waals surface area contributed by atoms with Gasteiger partial charge >= 0.3 is 0 Å². The van der Waals surface area contributed by atoms with Gasteiger partial charge in [-0.1, -0.05) is 0 Å². The Kier molecular flexibility index (Phi) is 4.15. The number of nitrogen functional groups attached to an aromatic ring is 1. The van der Waals surface area contributed by atoms with Gasteiger partial charge in [0, 0.05) is 32.1 Å². The number of methoxy groups -OCH3 is 1. The van der Waals surface area contributed by atoms with E-state index >= 15 is 0 Å². The molecule has 6 nitrogen and oxygen atoms in total. The lowest BCUT2D eigenvalue weighted by atomic mass is 10.0. The lowest BCUT2D eigenvalue weighted by Gasteiger charge is -2.25. The third-order valence-corrected chi connectivity index (χ3v) is 3.74. The minimum absolute atomic E-state index is 0.0800. The van der Waals surface area contributed by atoms with Crippen LogP contribution in [0.5, 0.6) is 0 Å². The van der Waals surface area contributed by atoms with Crippen LogP contribution in [0.2, 0.25) is 0 Å². The van der Waals surface area contributed by atoms with Gasteiger partial charge in [0.15, 0.2) is 5.13 Å². The summed E-state index contributed by atoms with van der Waals surface area (Å²) < 4.78 is 10.7. The van der Waals surface area contributed by atoms with Gasteiger partial charge in [-0.25, -0.2) is 4.98 Å². The standard InChI is InChI=1S/C11H17N3O3S/c1-16-11(2-3-17-7-11)6-13-9(15)4-8-5-18-10(12)14-8/h5H,2-4,6-7H2,1H3,(H2,12,14)(H,13,15). The Bertz CT molecular complexity index is 415. The normalized spacial score (nSPS) is 23.2. The van der Waals surface area contributed by atoms with E-state index in [2.05, 4.69) is 10.3 Å². The van der Waals surface area contributed by atoms with E-state index in [0.717, 1.165) is 6.42 Å². The van der Waals surface area contributed by atoms with Crippen molar-refractivity contribution in [1.82, 2.24) is 10.3 Å². The summed E-state index contributed by atoms with van der Waals surface area (Å²) in [5.41, 5.74) is 5.83. The molecule has 0 saturated carbocycles. The van der Waals surface area contributed by atoms with Crippen LogP contribution in [0.25, 0.3) is 0 Å². The Morgan fingerprint density at radius 1 is 1.78 bits per heavy atom. The maximum atomic E-state index is 11.8. The minimum atomic E-state index is -0.378. The molecule has 2 heterocycles. The molecule has 2 rings (SSSR count). The zero-order chi connectivity index (χ0) is 13.0. The maximum Gasteiger partial charge on any atom is 0.226 e. The second-order valence-corrected chi connectivity index (χ2v) is 5.21. The predicted molar refractivity (Wildman–Crippen MR) is 68.4 cm³/mol. The van der Waals surface area contributed by atoms with Gasteiger partial charge in [0.05, 0.1) is 18.7 Å². The summed E-state index contributed by atoms with van der Waals surface area (Å²) in [5.74, 6) is -0.0800. The molecule has 1 aromatic rings. The minimum Gasteiger partial charge on any atom is -0.378 e. The van der Waals surface area contributed by atoms with Gasteiger partial charge in [-0.3, -0.25) is 4.79 Å². The molecule has 7 heteroatoms. The summed E-state index contributed by atoms with van der Waals surface area (Å²) in [6, 6.07) is 0. The summed E-state index contributed by atoms with van der Waals surface area (Å²) in [6.45, 7) is 1.65. The molecule has 1 aliphatic heterocycles. The topological polar surface area (TPSA) is 86.5 Å². The van der Waals surface area contributed by atoms with Gasteiger partial charge in [0.2, 0.25) is 5.91 Å². The van der Waals surface area contributed by atoms with E-state index in [1.54, 1.807) is 12.5 Å². The van der Waals surface area contributed by atoms with Crippen LogP contribution in [0.1, 0.15) is 12.1 Å². The van der Waals surface area contributed by atoms with Crippen LogP contribution in [-0.4, -0.2) is 43.4 Å². The van der Waals surface area contributed by atoms with Crippen LogP contribution in [0.4, 0.5) is 5.13 Å². The Morgan fingerprint density at radius 3 is 3.17 bits per heavy atom. The molecule has 1 amide bonds. The van der Waals surface area contributed by atoms with Crippen molar-refractivity contribution in [2.75, 3.05) is 32.6 Å². The molecule has 3 N–H and O–H groups in total. The Balaban J connectivity index is 1.81. The molecule has 1 aromatic heterocycles. The molecule has 100 valence electrons. The molecule has 1 atom stereocenters. The molecule has 1 saturated heterocycles. The highest BCUT2D eigenvalue weighted by Gasteiger charge is 2.35. The predicted octanol–water partition coefficient (Wildman–Crippen LogP) is 0.189. The molecule has 0 aliphatic carbocycles. The second-order valence-electron chi connectivity index (χ2n) is 4.32. The van der Waals surface area contributed by atoms with Crippen molar-refractivity contribution in [3.8, 4) is 0 Å². The van der Waals surface area contributed by atoms with Crippen molar-refractivity contribution in [3.05, 3.63) is 11.1 Å². The highest BCUT2D eigenvalue weighted by Crippen LogP contribution is 2.21. The van der Waals surface area contributed by atoms with E-state index in [-0.39, 0.29) is 17.9 Å². The fraction of sp³-hybridized carbons (Fsp3) is 0.636. The van der Waals surface area contributed by atoms with Crippen LogP contribution < -0.4 is 11.1 Å². The lowest BCUT2D eigenvalue weighted by molar-refractivity contribution is -0.122. The van der Waals surface area contributed by atoms with Gasteiger partial charge in [-0.05, 0) is 0 Å². The van der Waals surface area contributed by atoms with Gasteiger partial charge < -0.3 is 20.5 Å². The number of carbonyl (C=O) groups is 1. The zero-order valence-electron chi connectivity index (χ0n) is 10.3. The van der Waals surface area contributed by atoms with Crippen LogP contribution in [0.15, 0.2) is 5.38 Å². The van der Waals surface area contributed by atoms with E-state index in [1.165, 1.54) is 11.3 Å². The number of nitrogens with two attached hydrogens (primary N) is 1. The summed E-state index contributed by atoms with van der Waals surface area (Å²) in [4.78, 5) is 15.8. The van der Waals surface area contributed by atoms with Crippen LogP contribution in [0.3, 0.4) is 0 Å². The van der Waals surface area contributed by atoms with Crippen molar-refractivity contribution in [2.45, 2.75) is 18.4 Å². The molecule has 0 aromatic carbocycles. The summed E-state index contributed by atoms with van der Waals surface area (Å²) >= 11 is 1.34. The maximum absolute atomic E-state index is 11.8. The van der Waals surface area contributed by atoms with Crippen LogP contribution in [0, 0.1) is 0 Å². The summed E-state index contributed by atoms with van der Waals surface area (Å²) in [6.07, 6.45) is 1.04. The Labute approximate surface area is 109 Å². The number of aromatic nitrogens is 1. The van der Waals surface area contributed by atoms with Crippen molar-refractivity contribution >= 4 is 22.4 Å². The Hall–Kier alpha value is -1.18. The molecular weight excluding hydrogens is 254 g/mol. The third-order valence-electron chi connectivity index (χ3n) is 3.02. The van der Waals surface area contributed by atoms with E-state index in [1.807, 2.05) is 0 Å². The number of hydrogen-bond acceptors (Lipinski definition) is 6. The fourth-order valence-electron chi connectivity index (χ4n) is 1.85. The highest BCUT2D eigenvalue weighted by molar-refractivity contribution is 7.13. The molecule has 0 radical (unpaired) electrons. The average Bonchev–Trinajstić information content (AvgIpc) is 2.97. The van der Waals surface area contributed by atoms with Gasteiger partial charge in [0.25, 0.3) is 0 Å². The van der Waals surface area contributed by atoms with Crippen molar-refractivity contribution in [2.24, 2.45) is 0 Å². The van der Waals surface area contributed by atoms with E-state index < -0.39 is 0 Å². The number of rotatable bonds is 5. The fourth-order valence-corrected chi connectivity index (χ4v) is 2.41. The molecule has 1 fully saturated rings. The summed E-state index contributed by atoms with van der Waals surface area (Å²) in [5, 5.41) is 5.13. The van der Waals surface area contributed by atoms with E-state index in [4.69, 9.17) is 15.2 Å². The van der Waals surface area contributed by atoms with Gasteiger partial charge in [-0.15, -0.1) is 11.3 Å². The largest absolute Gasteiger partial charge is 0.378 e. The number of nitrogens with zero attached hydrogens (tertiary/aromatic N) is 1. The molecule has 1 aliphatic rings. The number of ether oxygens (including phenoxy) is 2. The van der Waals surface area contributed by atoms with Gasteiger partial charge in [-0.2, -0.15) is 0 Å². The first-order valence-electron chi connectivity index (χ1n) is 5.73. The Morgan fingerprint density at radius 2 is 2.61 bits per heavy atom. The SMILES string of the molecule is COC1(CNC(=O)Cc2csc(N)n2)CCOC1. The molecule has 1 unspecified atom stereocenters. The molecule has 0 spiro atoms. The van der Waals surface area contributed by atoms with Gasteiger partial charge in [0.1, 0.15) is 5.60 Å². The van der Waals surface area contributed by atoms with Crippen LogP contribution in [-0.2, 0) is 20.7 Å². The smallest absolute Gasteiger partial charge is 0.226 e. The lowest BCUT2D eigenvalue weighted by Crippen LogP contribution is -2.45. The monoisotopic (exact) mass is 271 g/mol. The number of anilines is 1. The number of thiazole rings is 1. The quantitative estimate of drug-likeness (QED) is 0.798. The first-order valence-corrected chi connectivity index (χ1v) is 6.61. The summed E-state index contributed by atoms with van der Waals surface area (Å²) in [7, 11) is 1.64. The molecule has 18 heavy (non-hydrogen) atoms. The highest BCUT2D eigenvalue weighted by atomic mass is 32.1. The zero-order valence-corrected chi connectivity index (χ0v) is 11.1. The molecular formula is C11H17N3O3S. The van der Waals surface area contributed by atoms with Crippen LogP contribution >= 0.6 is 11.3 Å². The number of amides is 1. The second kappa shape index (κ2) is 5.64. The third kappa shape index (κ3) is 3.18. The number of nitrogens with one attached hydrogen (secondary N) is 1. The van der Waals surface area contributed by atoms with Crippen molar-refractivity contribution in [3.63, 3.8) is 0 Å². The van der Waals surface area contributed by atoms with E-state index in [9.17, 15) is 4.79 Å². The van der Waals surface area contributed by atoms with E-state index in [0.29, 0.717) is 30.6 Å². The molecule has 0 bridgehead atoms. The number of hydrogen-bond donors (Lipinski definition) is 2. The first-order chi connectivity index (χ1) is 8.63. The van der Waals surface area contributed by atoms with Crippen molar-refractivity contribution in [1.29, 1.82) is 0 Å². The van der Waals surface area contributed by atoms with Crippen molar-refractivity contribution < 1.29 is 14.3 Å². The number of carbonyl (C=O) groups excluding carboxylic acids is 1. The average molecular weight is 271 g/mol.